The van der Waals surface area contributed by atoms with Gasteiger partial charge in [0, 0.05) is 0 Å². The third-order valence-electron chi connectivity index (χ3n) is 3.32. The van der Waals surface area contributed by atoms with E-state index in [-0.39, 0.29) is 0 Å². The summed E-state index contributed by atoms with van der Waals surface area (Å²) in [4.78, 5) is 0. The lowest BCUT2D eigenvalue weighted by Crippen LogP contribution is -2.32. The third-order valence-corrected chi connectivity index (χ3v) is 4.71. The molecule has 0 atom stereocenters. The summed E-state index contributed by atoms with van der Waals surface area (Å²) in [6.07, 6.45) is 10.6. The molecule has 0 amide bonds. The normalized spacial score (nSPS) is 30.5. The fourth-order valence-electron chi connectivity index (χ4n) is 2.31. The van der Waals surface area contributed by atoms with Crippen LogP contribution in [0.4, 0.5) is 0 Å². The minimum atomic E-state index is 0.838. The van der Waals surface area contributed by atoms with E-state index in [1.807, 2.05) is 0 Å². The molecule has 0 nitrogen and oxygen atoms in total. The zero-order valence-electron chi connectivity index (χ0n) is 7.27. The molecule has 2 fully saturated rings. The molecule has 1 heterocycles. The molecule has 1 saturated carbocycles. The Bertz CT molecular complexity index is 117. The number of hydrogen-bond donors (Lipinski definition) is 0. The van der Waals surface area contributed by atoms with Crippen LogP contribution in [0.5, 0.6) is 0 Å². The van der Waals surface area contributed by atoms with Crippen LogP contribution < -0.4 is 0 Å². The monoisotopic (exact) mass is 170 g/mol. The second-order valence-corrected chi connectivity index (χ2v) is 5.32. The van der Waals surface area contributed by atoms with Crippen molar-refractivity contribution in [3.05, 3.63) is 0 Å². The van der Waals surface area contributed by atoms with Crippen LogP contribution in [0.15, 0.2) is 0 Å². The average Bonchev–Trinajstić information content (AvgIpc) is 1.82. The Morgan fingerprint density at radius 3 is 2.36 bits per heavy atom. The van der Waals surface area contributed by atoms with E-state index in [9.17, 15) is 0 Å². The zero-order chi connectivity index (χ0) is 7.57. The number of thioether (sulfide) groups is 1. The first-order valence-corrected chi connectivity index (χ1v) is 6.15. The van der Waals surface area contributed by atoms with Gasteiger partial charge in [-0.2, -0.15) is 11.8 Å². The Morgan fingerprint density at radius 2 is 1.64 bits per heavy atom. The highest BCUT2D eigenvalue weighted by molar-refractivity contribution is 7.99. The minimum Gasteiger partial charge on any atom is -0.161 e. The smallest absolute Gasteiger partial charge is 0.00108 e. The highest BCUT2D eigenvalue weighted by Gasteiger charge is 2.36. The van der Waals surface area contributed by atoms with Gasteiger partial charge in [0.05, 0.1) is 0 Å². The fourth-order valence-corrected chi connectivity index (χ4v) is 3.73. The Labute approximate surface area is 74.1 Å². The maximum atomic E-state index is 2.21. The van der Waals surface area contributed by atoms with Crippen LogP contribution in [0.3, 0.4) is 0 Å². The van der Waals surface area contributed by atoms with E-state index in [1.165, 1.54) is 37.2 Å². The van der Waals surface area contributed by atoms with Gasteiger partial charge in [-0.1, -0.05) is 19.3 Å². The van der Waals surface area contributed by atoms with Crippen molar-refractivity contribution in [3.63, 3.8) is 0 Å². The van der Waals surface area contributed by atoms with Crippen LogP contribution in [-0.2, 0) is 0 Å². The lowest BCUT2D eigenvalue weighted by Gasteiger charge is -2.43. The van der Waals surface area contributed by atoms with Gasteiger partial charge in [0.15, 0.2) is 0 Å². The Hall–Kier alpha value is 0.350. The summed E-state index contributed by atoms with van der Waals surface area (Å²) in [6.45, 7) is 0. The van der Waals surface area contributed by atoms with E-state index in [2.05, 4.69) is 11.8 Å². The van der Waals surface area contributed by atoms with Crippen molar-refractivity contribution in [1.82, 2.24) is 0 Å². The SMILES string of the molecule is C1CCSCC2(CC1)CCC2. The topological polar surface area (TPSA) is 0 Å². The number of hydrogen-bond acceptors (Lipinski definition) is 1. The van der Waals surface area contributed by atoms with Gasteiger partial charge >= 0.3 is 0 Å². The molecule has 0 bridgehead atoms. The zero-order valence-corrected chi connectivity index (χ0v) is 8.09. The minimum absolute atomic E-state index is 0.838. The summed E-state index contributed by atoms with van der Waals surface area (Å²) in [5.41, 5.74) is 0.838. The van der Waals surface area contributed by atoms with E-state index in [4.69, 9.17) is 0 Å². The van der Waals surface area contributed by atoms with Crippen molar-refractivity contribution < 1.29 is 0 Å². The molecule has 64 valence electrons. The van der Waals surface area contributed by atoms with E-state index >= 15 is 0 Å². The molecule has 0 N–H and O–H groups in total. The van der Waals surface area contributed by atoms with E-state index in [0.29, 0.717) is 0 Å². The van der Waals surface area contributed by atoms with Gasteiger partial charge in [0.1, 0.15) is 0 Å². The van der Waals surface area contributed by atoms with Crippen LogP contribution in [0.2, 0.25) is 0 Å². The molecule has 2 aliphatic rings. The average molecular weight is 170 g/mol. The molecule has 1 saturated heterocycles. The molecule has 11 heavy (non-hydrogen) atoms. The van der Waals surface area contributed by atoms with E-state index in [0.717, 1.165) is 5.41 Å². The predicted molar refractivity (Wildman–Crippen MR) is 52.1 cm³/mol. The molecular weight excluding hydrogens is 152 g/mol. The summed E-state index contributed by atoms with van der Waals surface area (Å²) in [6, 6.07) is 0. The second kappa shape index (κ2) is 3.38. The first kappa shape index (κ1) is 7.97. The van der Waals surface area contributed by atoms with Gasteiger partial charge in [0.2, 0.25) is 0 Å². The van der Waals surface area contributed by atoms with Gasteiger partial charge in [0.25, 0.3) is 0 Å². The van der Waals surface area contributed by atoms with Crippen LogP contribution in [0, 0.1) is 5.41 Å². The molecule has 0 unspecified atom stereocenters. The fraction of sp³-hybridized carbons (Fsp3) is 1.00. The molecule has 1 aliphatic carbocycles. The van der Waals surface area contributed by atoms with Gasteiger partial charge in [-0.05, 0) is 42.6 Å². The van der Waals surface area contributed by atoms with Crippen molar-refractivity contribution in [1.29, 1.82) is 0 Å². The van der Waals surface area contributed by atoms with Crippen molar-refractivity contribution >= 4 is 11.8 Å². The molecule has 1 aliphatic heterocycles. The van der Waals surface area contributed by atoms with Gasteiger partial charge < -0.3 is 0 Å². The summed E-state index contributed by atoms with van der Waals surface area (Å²) in [7, 11) is 0. The third kappa shape index (κ3) is 1.74. The lowest BCUT2D eigenvalue weighted by molar-refractivity contribution is 0.147. The van der Waals surface area contributed by atoms with Gasteiger partial charge in [-0.15, -0.1) is 0 Å². The molecule has 2 rings (SSSR count). The largest absolute Gasteiger partial charge is 0.161 e. The quantitative estimate of drug-likeness (QED) is 0.536. The Balaban J connectivity index is 1.86. The standard InChI is InChI=1S/C10H18S/c1-2-5-10(6-4-7-10)9-11-8-3-1/h1-9H2. The summed E-state index contributed by atoms with van der Waals surface area (Å²) in [5.74, 6) is 2.91. The highest BCUT2D eigenvalue weighted by atomic mass is 32.2. The molecule has 1 spiro atoms. The van der Waals surface area contributed by atoms with E-state index in [1.54, 1.807) is 19.3 Å². The van der Waals surface area contributed by atoms with Crippen LogP contribution in [-0.4, -0.2) is 11.5 Å². The first-order chi connectivity index (χ1) is 5.41. The molecule has 0 aromatic rings. The second-order valence-electron chi connectivity index (χ2n) is 4.22. The van der Waals surface area contributed by atoms with Crippen LogP contribution in [0.1, 0.15) is 44.9 Å². The summed E-state index contributed by atoms with van der Waals surface area (Å²) in [5, 5.41) is 0. The van der Waals surface area contributed by atoms with Crippen LogP contribution in [0.25, 0.3) is 0 Å². The molecule has 0 radical (unpaired) electrons. The predicted octanol–water partition coefficient (Wildman–Crippen LogP) is 3.46. The van der Waals surface area contributed by atoms with Gasteiger partial charge in [-0.3, -0.25) is 0 Å². The van der Waals surface area contributed by atoms with E-state index < -0.39 is 0 Å². The summed E-state index contributed by atoms with van der Waals surface area (Å²) < 4.78 is 0. The molecule has 0 aromatic heterocycles. The van der Waals surface area contributed by atoms with Crippen molar-refractivity contribution in [2.45, 2.75) is 44.9 Å². The number of rotatable bonds is 0. The molecule has 1 heteroatoms. The lowest BCUT2D eigenvalue weighted by atomic mass is 9.67. The van der Waals surface area contributed by atoms with Gasteiger partial charge in [-0.25, -0.2) is 0 Å². The maximum Gasteiger partial charge on any atom is -0.00108 e. The van der Waals surface area contributed by atoms with Crippen LogP contribution >= 0.6 is 11.8 Å². The summed E-state index contributed by atoms with van der Waals surface area (Å²) >= 11 is 2.21. The van der Waals surface area contributed by atoms with Crippen molar-refractivity contribution in [2.75, 3.05) is 11.5 Å². The molecular formula is C10H18S. The molecule has 0 aromatic carbocycles. The van der Waals surface area contributed by atoms with Crippen molar-refractivity contribution in [3.8, 4) is 0 Å². The Kier molecular flexibility index (Phi) is 2.45. The Morgan fingerprint density at radius 1 is 0.818 bits per heavy atom. The first-order valence-electron chi connectivity index (χ1n) is 4.99. The van der Waals surface area contributed by atoms with Crippen molar-refractivity contribution in [2.24, 2.45) is 5.41 Å². The maximum absolute atomic E-state index is 2.21. The highest BCUT2D eigenvalue weighted by Crippen LogP contribution is 2.48.